The summed E-state index contributed by atoms with van der Waals surface area (Å²) in [5.41, 5.74) is 2.19. The van der Waals surface area contributed by atoms with Crippen molar-refractivity contribution in [3.8, 4) is 11.8 Å². The van der Waals surface area contributed by atoms with Crippen molar-refractivity contribution in [3.05, 3.63) is 59.7 Å². The summed E-state index contributed by atoms with van der Waals surface area (Å²) in [4.78, 5) is 11.9. The molecule has 0 aliphatic rings. The van der Waals surface area contributed by atoms with Gasteiger partial charge >= 0.3 is 0 Å². The molecule has 122 valence electrons. The van der Waals surface area contributed by atoms with Gasteiger partial charge in [-0.05, 0) is 48.5 Å². The van der Waals surface area contributed by atoms with E-state index in [9.17, 15) is 4.79 Å². The summed E-state index contributed by atoms with van der Waals surface area (Å²) in [7, 11) is 0. The highest BCUT2D eigenvalue weighted by Crippen LogP contribution is 2.13. The number of aryl methyl sites for hydroxylation is 1. The Balaban J connectivity index is 1.83. The first-order valence-corrected chi connectivity index (χ1v) is 7.85. The molecule has 0 fully saturated rings. The summed E-state index contributed by atoms with van der Waals surface area (Å²) >= 11 is 5.08. The lowest BCUT2D eigenvalue weighted by molar-refractivity contribution is -0.121. The molecule has 2 aromatic carbocycles. The number of amides is 1. The van der Waals surface area contributed by atoms with Crippen molar-refractivity contribution in [2.24, 2.45) is 0 Å². The van der Waals surface area contributed by atoms with Crippen LogP contribution in [0.1, 0.15) is 18.1 Å². The van der Waals surface area contributed by atoms with Crippen LogP contribution < -0.4 is 15.4 Å². The molecule has 2 N–H and O–H groups in total. The monoisotopic (exact) mass is 339 g/mol. The van der Waals surface area contributed by atoms with Crippen molar-refractivity contribution < 1.29 is 9.53 Å². The van der Waals surface area contributed by atoms with Crippen LogP contribution in [-0.2, 0) is 11.2 Å². The maximum Gasteiger partial charge on any atom is 0.264 e. The number of carbonyl (C=O) groups is 1. The highest BCUT2D eigenvalue weighted by molar-refractivity contribution is 7.80. The first-order chi connectivity index (χ1) is 11.6. The number of carbonyl (C=O) groups excluding carboxylic acids is 1. The molecule has 24 heavy (non-hydrogen) atoms. The molecule has 0 radical (unpaired) electrons. The lowest BCUT2D eigenvalue weighted by Crippen LogP contribution is -2.37. The maximum absolute atomic E-state index is 11.9. The molecule has 0 aromatic heterocycles. The standard InChI is InChI=1S/C18H17N3O2S/c1-2-13-7-9-15(10-8-13)23-12-17(22)21-18(24)20-16-6-4-3-5-14(16)11-19/h3-10H,2,12H2,1H3,(H2,20,21,22,24). The molecule has 2 rings (SSSR count). The van der Waals surface area contributed by atoms with Crippen LogP contribution >= 0.6 is 12.2 Å². The van der Waals surface area contributed by atoms with Gasteiger partial charge < -0.3 is 10.1 Å². The Bertz CT molecular complexity index is 767. The molecule has 0 bridgehead atoms. The molecular weight excluding hydrogens is 322 g/mol. The van der Waals surface area contributed by atoms with E-state index in [1.165, 1.54) is 5.56 Å². The number of nitriles is 1. The molecule has 1 amide bonds. The lowest BCUT2D eigenvalue weighted by Gasteiger charge is -2.11. The van der Waals surface area contributed by atoms with E-state index < -0.39 is 0 Å². The average molecular weight is 339 g/mol. The van der Waals surface area contributed by atoms with Gasteiger partial charge in [0.15, 0.2) is 11.7 Å². The van der Waals surface area contributed by atoms with Gasteiger partial charge in [-0.25, -0.2) is 0 Å². The first-order valence-electron chi connectivity index (χ1n) is 7.44. The molecule has 0 saturated carbocycles. The Labute approximate surface area is 146 Å². The zero-order valence-corrected chi connectivity index (χ0v) is 14.0. The van der Waals surface area contributed by atoms with E-state index in [1.54, 1.807) is 24.3 Å². The zero-order chi connectivity index (χ0) is 17.4. The van der Waals surface area contributed by atoms with Crippen LogP contribution in [0.4, 0.5) is 5.69 Å². The number of anilines is 1. The van der Waals surface area contributed by atoms with E-state index in [0.29, 0.717) is 17.0 Å². The minimum Gasteiger partial charge on any atom is -0.484 e. The van der Waals surface area contributed by atoms with Crippen molar-refractivity contribution in [3.63, 3.8) is 0 Å². The van der Waals surface area contributed by atoms with Crippen molar-refractivity contribution in [1.82, 2.24) is 5.32 Å². The average Bonchev–Trinajstić information content (AvgIpc) is 2.60. The second-order valence-electron chi connectivity index (χ2n) is 4.95. The van der Waals surface area contributed by atoms with Crippen LogP contribution in [-0.4, -0.2) is 17.6 Å². The molecule has 0 heterocycles. The van der Waals surface area contributed by atoms with Gasteiger partial charge in [0.2, 0.25) is 0 Å². The van der Waals surface area contributed by atoms with Crippen LogP contribution in [0.25, 0.3) is 0 Å². The van der Waals surface area contributed by atoms with E-state index in [-0.39, 0.29) is 17.6 Å². The fourth-order valence-electron chi connectivity index (χ4n) is 1.98. The van der Waals surface area contributed by atoms with Crippen LogP contribution in [0.15, 0.2) is 48.5 Å². The van der Waals surface area contributed by atoms with Gasteiger partial charge in [0.1, 0.15) is 11.8 Å². The third kappa shape index (κ3) is 5.07. The number of hydrogen-bond donors (Lipinski definition) is 2. The Morgan fingerprint density at radius 3 is 2.58 bits per heavy atom. The Morgan fingerprint density at radius 2 is 1.92 bits per heavy atom. The maximum atomic E-state index is 11.9. The zero-order valence-electron chi connectivity index (χ0n) is 13.2. The van der Waals surface area contributed by atoms with Gasteiger partial charge in [0, 0.05) is 0 Å². The summed E-state index contributed by atoms with van der Waals surface area (Å²) in [6.45, 7) is 1.93. The molecule has 0 spiro atoms. The van der Waals surface area contributed by atoms with Crippen LogP contribution in [0.2, 0.25) is 0 Å². The number of nitrogens with zero attached hydrogens (tertiary/aromatic N) is 1. The number of para-hydroxylation sites is 1. The molecule has 0 aliphatic carbocycles. The summed E-state index contributed by atoms with van der Waals surface area (Å²) in [6.07, 6.45) is 0.949. The number of benzene rings is 2. The Morgan fingerprint density at radius 1 is 1.21 bits per heavy atom. The van der Waals surface area contributed by atoms with Gasteiger partial charge in [-0.3, -0.25) is 10.1 Å². The molecule has 0 atom stereocenters. The second kappa shape index (κ2) is 8.65. The number of thiocarbonyl (C=S) groups is 1. The summed E-state index contributed by atoms with van der Waals surface area (Å²) < 4.78 is 5.41. The van der Waals surface area contributed by atoms with E-state index >= 15 is 0 Å². The van der Waals surface area contributed by atoms with Crippen molar-refractivity contribution in [2.45, 2.75) is 13.3 Å². The number of ether oxygens (including phenoxy) is 1. The largest absolute Gasteiger partial charge is 0.484 e. The highest BCUT2D eigenvalue weighted by atomic mass is 32.1. The molecule has 0 aliphatic heterocycles. The molecule has 0 saturated heterocycles. The predicted molar refractivity (Wildman–Crippen MR) is 96.8 cm³/mol. The van der Waals surface area contributed by atoms with Crippen LogP contribution in [0.5, 0.6) is 5.75 Å². The number of nitrogens with one attached hydrogen (secondary N) is 2. The molecular formula is C18H17N3O2S. The van der Waals surface area contributed by atoms with E-state index in [0.717, 1.165) is 6.42 Å². The van der Waals surface area contributed by atoms with Gasteiger partial charge in [0.05, 0.1) is 11.3 Å². The van der Waals surface area contributed by atoms with Crippen LogP contribution in [0, 0.1) is 11.3 Å². The van der Waals surface area contributed by atoms with Gasteiger partial charge in [-0.1, -0.05) is 31.2 Å². The molecule has 6 heteroatoms. The van der Waals surface area contributed by atoms with Crippen LogP contribution in [0.3, 0.4) is 0 Å². The lowest BCUT2D eigenvalue weighted by atomic mass is 10.2. The number of rotatable bonds is 5. The smallest absolute Gasteiger partial charge is 0.264 e. The van der Waals surface area contributed by atoms with E-state index in [2.05, 4.69) is 23.6 Å². The summed E-state index contributed by atoms with van der Waals surface area (Å²) in [5.74, 6) is 0.248. The van der Waals surface area contributed by atoms with Crippen molar-refractivity contribution >= 4 is 28.9 Å². The van der Waals surface area contributed by atoms with Crippen molar-refractivity contribution in [1.29, 1.82) is 5.26 Å². The van der Waals surface area contributed by atoms with Gasteiger partial charge in [-0.2, -0.15) is 5.26 Å². The number of hydrogen-bond acceptors (Lipinski definition) is 4. The topological polar surface area (TPSA) is 74.2 Å². The predicted octanol–water partition coefficient (Wildman–Crippen LogP) is 3.01. The minimum absolute atomic E-state index is 0.118. The van der Waals surface area contributed by atoms with E-state index in [1.807, 2.05) is 24.3 Å². The third-order valence-electron chi connectivity index (χ3n) is 3.25. The van der Waals surface area contributed by atoms with Gasteiger partial charge in [-0.15, -0.1) is 0 Å². The highest BCUT2D eigenvalue weighted by Gasteiger charge is 2.08. The fraction of sp³-hybridized carbons (Fsp3) is 0.167. The second-order valence-corrected chi connectivity index (χ2v) is 5.35. The Hall–Kier alpha value is -2.91. The van der Waals surface area contributed by atoms with E-state index in [4.69, 9.17) is 22.2 Å². The quantitative estimate of drug-likeness (QED) is 0.819. The normalized spacial score (nSPS) is 9.67. The minimum atomic E-state index is -0.374. The summed E-state index contributed by atoms with van der Waals surface area (Å²) in [5, 5.41) is 14.5. The molecule has 2 aromatic rings. The third-order valence-corrected chi connectivity index (χ3v) is 3.45. The fourth-order valence-corrected chi connectivity index (χ4v) is 2.20. The van der Waals surface area contributed by atoms with Crippen molar-refractivity contribution in [2.75, 3.05) is 11.9 Å². The SMILES string of the molecule is CCc1ccc(OCC(=O)NC(=S)Nc2ccccc2C#N)cc1. The Kier molecular flexibility index (Phi) is 6.29. The molecule has 5 nitrogen and oxygen atoms in total. The molecule has 0 unspecified atom stereocenters. The van der Waals surface area contributed by atoms with Gasteiger partial charge in [0.25, 0.3) is 5.91 Å². The summed E-state index contributed by atoms with van der Waals surface area (Å²) in [6, 6.07) is 16.5. The first kappa shape index (κ1) is 17.4.